The number of carbonyl (C=O) groups is 1. The number of carbonyl (C=O) groups excluding carboxylic acids is 1. The van der Waals surface area contributed by atoms with E-state index in [2.05, 4.69) is 10.1 Å². The Hall–Kier alpha value is -1.73. The summed E-state index contributed by atoms with van der Waals surface area (Å²) in [7, 11) is 0. The van der Waals surface area contributed by atoms with Crippen LogP contribution in [0.3, 0.4) is 0 Å². The van der Waals surface area contributed by atoms with Crippen LogP contribution >= 0.6 is 0 Å². The number of nitrogens with one attached hydrogen (secondary N) is 2. The van der Waals surface area contributed by atoms with Gasteiger partial charge in [-0.15, -0.1) is 0 Å². The fraction of sp³-hybridized carbons (Fsp3) is 0.462. The summed E-state index contributed by atoms with van der Waals surface area (Å²) in [5.74, 6) is -0.264. The number of amides is 1. The SMILES string of the molecule is O=C(C[NH+]1CCOCC1)Nc1ccccc1OC(F)F. The topological polar surface area (TPSA) is 52.0 Å². The average Bonchev–Trinajstić information content (AvgIpc) is 2.41. The highest BCUT2D eigenvalue weighted by Crippen LogP contribution is 2.25. The van der Waals surface area contributed by atoms with E-state index in [4.69, 9.17) is 4.74 Å². The van der Waals surface area contributed by atoms with Gasteiger partial charge in [-0.25, -0.2) is 0 Å². The van der Waals surface area contributed by atoms with Gasteiger partial charge in [0, 0.05) is 0 Å². The van der Waals surface area contributed by atoms with Crippen molar-refractivity contribution in [2.45, 2.75) is 6.61 Å². The number of halogens is 2. The van der Waals surface area contributed by atoms with Crippen LogP contribution in [0, 0.1) is 0 Å². The van der Waals surface area contributed by atoms with Crippen molar-refractivity contribution in [1.29, 1.82) is 0 Å². The Kier molecular flexibility index (Phi) is 5.25. The molecule has 1 heterocycles. The quantitative estimate of drug-likeness (QED) is 0.810. The van der Waals surface area contributed by atoms with Crippen LogP contribution < -0.4 is 15.0 Å². The zero-order valence-corrected chi connectivity index (χ0v) is 10.9. The maximum atomic E-state index is 12.3. The summed E-state index contributed by atoms with van der Waals surface area (Å²) in [4.78, 5) is 13.0. The molecule has 7 heteroatoms. The molecule has 1 aliphatic heterocycles. The van der Waals surface area contributed by atoms with Crippen molar-refractivity contribution in [3.05, 3.63) is 24.3 Å². The van der Waals surface area contributed by atoms with Crippen LogP contribution in [0.4, 0.5) is 14.5 Å². The zero-order chi connectivity index (χ0) is 14.4. The first kappa shape index (κ1) is 14.7. The maximum Gasteiger partial charge on any atom is 0.387 e. The van der Waals surface area contributed by atoms with E-state index < -0.39 is 6.61 Å². The molecule has 1 fully saturated rings. The van der Waals surface area contributed by atoms with Crippen molar-refractivity contribution >= 4 is 11.6 Å². The molecule has 20 heavy (non-hydrogen) atoms. The number of benzene rings is 1. The standard InChI is InChI=1S/C13H16F2N2O3/c14-13(15)20-11-4-2-1-3-10(11)16-12(18)9-17-5-7-19-8-6-17/h1-4,13H,5-9H2,(H,16,18)/p+1. The van der Waals surface area contributed by atoms with Gasteiger partial charge in [0.1, 0.15) is 18.8 Å². The molecule has 0 aromatic heterocycles. The van der Waals surface area contributed by atoms with Crippen molar-refractivity contribution in [2.75, 3.05) is 38.2 Å². The normalized spacial score (nSPS) is 16.1. The molecule has 0 bridgehead atoms. The Labute approximate surface area is 115 Å². The monoisotopic (exact) mass is 287 g/mol. The van der Waals surface area contributed by atoms with Gasteiger partial charge in [0.05, 0.1) is 18.9 Å². The van der Waals surface area contributed by atoms with E-state index in [0.717, 1.165) is 18.0 Å². The molecule has 1 aromatic rings. The molecule has 0 saturated carbocycles. The lowest BCUT2D eigenvalue weighted by molar-refractivity contribution is -0.899. The van der Waals surface area contributed by atoms with Gasteiger partial charge in [-0.05, 0) is 12.1 Å². The number of hydrogen-bond donors (Lipinski definition) is 2. The van der Waals surface area contributed by atoms with Crippen molar-refractivity contribution in [2.24, 2.45) is 0 Å². The van der Waals surface area contributed by atoms with E-state index in [1.807, 2.05) is 0 Å². The van der Waals surface area contributed by atoms with Crippen LogP contribution in [-0.2, 0) is 9.53 Å². The van der Waals surface area contributed by atoms with E-state index in [9.17, 15) is 13.6 Å². The van der Waals surface area contributed by atoms with E-state index in [1.165, 1.54) is 12.1 Å². The first-order chi connectivity index (χ1) is 9.65. The fourth-order valence-electron chi connectivity index (χ4n) is 2.03. The molecule has 0 atom stereocenters. The highest BCUT2D eigenvalue weighted by Gasteiger charge is 2.19. The van der Waals surface area contributed by atoms with Gasteiger partial charge < -0.3 is 19.7 Å². The summed E-state index contributed by atoms with van der Waals surface area (Å²) >= 11 is 0. The molecule has 1 saturated heterocycles. The molecule has 2 rings (SSSR count). The lowest BCUT2D eigenvalue weighted by Gasteiger charge is -2.23. The van der Waals surface area contributed by atoms with Gasteiger partial charge in [-0.2, -0.15) is 8.78 Å². The first-order valence-electron chi connectivity index (χ1n) is 6.40. The number of alkyl halides is 2. The summed E-state index contributed by atoms with van der Waals surface area (Å²) in [6.45, 7) is 0.164. The molecule has 0 aliphatic carbocycles. The molecule has 0 spiro atoms. The fourth-order valence-corrected chi connectivity index (χ4v) is 2.03. The predicted octanol–water partition coefficient (Wildman–Crippen LogP) is 0.142. The minimum atomic E-state index is -2.92. The Morgan fingerprint density at radius 1 is 1.35 bits per heavy atom. The number of ether oxygens (including phenoxy) is 2. The average molecular weight is 287 g/mol. The maximum absolute atomic E-state index is 12.3. The van der Waals surface area contributed by atoms with Gasteiger partial charge in [0.25, 0.3) is 5.91 Å². The Morgan fingerprint density at radius 2 is 2.05 bits per heavy atom. The third-order valence-electron chi connectivity index (χ3n) is 2.99. The Morgan fingerprint density at radius 3 is 2.75 bits per heavy atom. The molecule has 0 radical (unpaired) electrons. The number of para-hydroxylation sites is 2. The van der Waals surface area contributed by atoms with Crippen LogP contribution in [0.5, 0.6) is 5.75 Å². The Balaban J connectivity index is 1.93. The molecule has 1 aliphatic rings. The number of anilines is 1. The van der Waals surface area contributed by atoms with E-state index in [-0.39, 0.29) is 23.9 Å². The summed E-state index contributed by atoms with van der Waals surface area (Å²) in [6.07, 6.45) is 0. The van der Waals surface area contributed by atoms with Gasteiger partial charge in [0.15, 0.2) is 6.54 Å². The Bertz CT molecular complexity index is 451. The molecule has 1 amide bonds. The molecular weight excluding hydrogens is 270 g/mol. The van der Waals surface area contributed by atoms with Crippen LogP contribution in [0.25, 0.3) is 0 Å². The molecule has 5 nitrogen and oxygen atoms in total. The molecule has 110 valence electrons. The summed E-state index contributed by atoms with van der Waals surface area (Å²) in [5.41, 5.74) is 0.255. The number of rotatable bonds is 5. The highest BCUT2D eigenvalue weighted by molar-refractivity contribution is 5.92. The van der Waals surface area contributed by atoms with Gasteiger partial charge in [0.2, 0.25) is 0 Å². The van der Waals surface area contributed by atoms with Crippen molar-refractivity contribution in [3.63, 3.8) is 0 Å². The van der Waals surface area contributed by atoms with Gasteiger partial charge in [-0.3, -0.25) is 4.79 Å². The van der Waals surface area contributed by atoms with Crippen molar-refractivity contribution < 1.29 is 27.9 Å². The lowest BCUT2D eigenvalue weighted by Crippen LogP contribution is -3.15. The molecule has 0 unspecified atom stereocenters. The third-order valence-corrected chi connectivity index (χ3v) is 2.99. The smallest absolute Gasteiger partial charge is 0.387 e. The first-order valence-corrected chi connectivity index (χ1v) is 6.40. The lowest BCUT2D eigenvalue weighted by atomic mass is 10.3. The number of morpholine rings is 1. The minimum Gasteiger partial charge on any atom is -0.433 e. The van der Waals surface area contributed by atoms with Crippen molar-refractivity contribution in [3.8, 4) is 5.75 Å². The number of quaternary nitrogens is 1. The summed E-state index contributed by atoms with van der Waals surface area (Å²) < 4.78 is 34.1. The second-order valence-electron chi connectivity index (χ2n) is 4.46. The second kappa shape index (κ2) is 7.16. The zero-order valence-electron chi connectivity index (χ0n) is 10.9. The predicted molar refractivity (Wildman–Crippen MR) is 68.1 cm³/mol. The molecule has 1 aromatic carbocycles. The van der Waals surface area contributed by atoms with Gasteiger partial charge in [-0.1, -0.05) is 12.1 Å². The molecular formula is C13H17F2N2O3+. The third kappa shape index (κ3) is 4.43. The van der Waals surface area contributed by atoms with E-state index in [1.54, 1.807) is 12.1 Å². The van der Waals surface area contributed by atoms with E-state index in [0.29, 0.717) is 13.2 Å². The summed E-state index contributed by atoms with van der Waals surface area (Å²) in [5, 5.41) is 2.60. The summed E-state index contributed by atoms with van der Waals surface area (Å²) in [6, 6.07) is 6.14. The number of hydrogen-bond acceptors (Lipinski definition) is 3. The highest BCUT2D eigenvalue weighted by atomic mass is 19.3. The largest absolute Gasteiger partial charge is 0.433 e. The molecule has 2 N–H and O–H groups in total. The van der Waals surface area contributed by atoms with Crippen LogP contribution in [0.2, 0.25) is 0 Å². The van der Waals surface area contributed by atoms with Gasteiger partial charge >= 0.3 is 6.61 Å². The van der Waals surface area contributed by atoms with Crippen LogP contribution in [-0.4, -0.2) is 45.4 Å². The van der Waals surface area contributed by atoms with Crippen molar-refractivity contribution in [1.82, 2.24) is 0 Å². The van der Waals surface area contributed by atoms with Crippen LogP contribution in [0.15, 0.2) is 24.3 Å². The minimum absolute atomic E-state index is 0.0344. The second-order valence-corrected chi connectivity index (χ2v) is 4.46. The van der Waals surface area contributed by atoms with Crippen LogP contribution in [0.1, 0.15) is 0 Å². The van der Waals surface area contributed by atoms with E-state index >= 15 is 0 Å².